The molecule has 5 nitrogen and oxygen atoms in total. The highest BCUT2D eigenvalue weighted by Crippen LogP contribution is 2.24. The SMILES string of the molecule is CN=C(C)N(C)c1ccc(NC(=O)c2ccc(OC)cc2Cl)cc1. The van der Waals surface area contributed by atoms with Gasteiger partial charge >= 0.3 is 0 Å². The number of rotatable bonds is 4. The van der Waals surface area contributed by atoms with Crippen molar-refractivity contribution in [2.24, 2.45) is 4.99 Å². The summed E-state index contributed by atoms with van der Waals surface area (Å²) in [6.45, 7) is 1.93. The lowest BCUT2D eigenvalue weighted by molar-refractivity contribution is 0.102. The van der Waals surface area contributed by atoms with Crippen molar-refractivity contribution in [3.63, 3.8) is 0 Å². The molecule has 0 radical (unpaired) electrons. The summed E-state index contributed by atoms with van der Waals surface area (Å²) in [6.07, 6.45) is 0. The highest BCUT2D eigenvalue weighted by molar-refractivity contribution is 6.34. The fourth-order valence-electron chi connectivity index (χ4n) is 2.11. The van der Waals surface area contributed by atoms with Crippen molar-refractivity contribution in [1.29, 1.82) is 0 Å². The molecule has 0 heterocycles. The van der Waals surface area contributed by atoms with Crippen molar-refractivity contribution in [2.75, 3.05) is 31.4 Å². The van der Waals surface area contributed by atoms with Gasteiger partial charge in [0.2, 0.25) is 0 Å². The molecule has 126 valence electrons. The van der Waals surface area contributed by atoms with Gasteiger partial charge in [-0.05, 0) is 49.4 Å². The number of amides is 1. The average Bonchev–Trinajstić information content (AvgIpc) is 2.60. The van der Waals surface area contributed by atoms with Crippen LogP contribution in [0.3, 0.4) is 0 Å². The van der Waals surface area contributed by atoms with Gasteiger partial charge in [-0.1, -0.05) is 11.6 Å². The first kappa shape index (κ1) is 17.8. The summed E-state index contributed by atoms with van der Waals surface area (Å²) in [5, 5.41) is 3.18. The summed E-state index contributed by atoms with van der Waals surface area (Å²) in [4.78, 5) is 18.5. The maximum Gasteiger partial charge on any atom is 0.257 e. The minimum absolute atomic E-state index is 0.268. The van der Waals surface area contributed by atoms with Gasteiger partial charge < -0.3 is 15.0 Å². The Morgan fingerprint density at radius 2 is 1.88 bits per heavy atom. The highest BCUT2D eigenvalue weighted by atomic mass is 35.5. The molecule has 24 heavy (non-hydrogen) atoms. The number of carbonyl (C=O) groups excluding carboxylic acids is 1. The summed E-state index contributed by atoms with van der Waals surface area (Å²) < 4.78 is 5.08. The van der Waals surface area contributed by atoms with Crippen molar-refractivity contribution in [3.8, 4) is 5.75 Å². The van der Waals surface area contributed by atoms with Crippen LogP contribution in [0.2, 0.25) is 5.02 Å². The molecule has 0 bridgehead atoms. The maximum atomic E-state index is 12.3. The largest absolute Gasteiger partial charge is 0.497 e. The van der Waals surface area contributed by atoms with Crippen molar-refractivity contribution < 1.29 is 9.53 Å². The van der Waals surface area contributed by atoms with E-state index in [0.717, 1.165) is 11.5 Å². The van der Waals surface area contributed by atoms with Crippen LogP contribution in [0.15, 0.2) is 47.5 Å². The highest BCUT2D eigenvalue weighted by Gasteiger charge is 2.12. The second kappa shape index (κ2) is 7.84. The number of nitrogens with one attached hydrogen (secondary N) is 1. The first-order valence-electron chi connectivity index (χ1n) is 7.38. The third-order valence-electron chi connectivity index (χ3n) is 3.74. The normalized spacial score (nSPS) is 11.1. The van der Waals surface area contributed by atoms with Gasteiger partial charge in [-0.25, -0.2) is 0 Å². The number of amidine groups is 1. The Bertz CT molecular complexity index is 757. The Labute approximate surface area is 146 Å². The molecule has 2 aromatic rings. The fourth-order valence-corrected chi connectivity index (χ4v) is 2.37. The zero-order chi connectivity index (χ0) is 17.7. The molecule has 6 heteroatoms. The second-order valence-corrected chi connectivity index (χ2v) is 5.58. The van der Waals surface area contributed by atoms with E-state index in [0.29, 0.717) is 22.0 Å². The molecule has 0 atom stereocenters. The molecule has 1 N–H and O–H groups in total. The van der Waals surface area contributed by atoms with E-state index in [1.54, 1.807) is 32.4 Å². The maximum absolute atomic E-state index is 12.3. The second-order valence-electron chi connectivity index (χ2n) is 5.18. The van der Waals surface area contributed by atoms with E-state index in [1.807, 2.05) is 43.1 Å². The molecule has 0 unspecified atom stereocenters. The van der Waals surface area contributed by atoms with Gasteiger partial charge in [0.15, 0.2) is 0 Å². The first-order valence-corrected chi connectivity index (χ1v) is 7.76. The van der Waals surface area contributed by atoms with Gasteiger partial charge in [-0.15, -0.1) is 0 Å². The minimum atomic E-state index is -0.268. The molecule has 0 aliphatic heterocycles. The third kappa shape index (κ3) is 4.06. The number of halogens is 1. The molecule has 0 aliphatic rings. The Hall–Kier alpha value is -2.53. The summed E-state index contributed by atoms with van der Waals surface area (Å²) in [6, 6.07) is 12.5. The Kier molecular flexibility index (Phi) is 5.82. The van der Waals surface area contributed by atoms with Gasteiger partial charge in [-0.2, -0.15) is 0 Å². The zero-order valence-electron chi connectivity index (χ0n) is 14.1. The Morgan fingerprint density at radius 1 is 1.21 bits per heavy atom. The van der Waals surface area contributed by atoms with Crippen molar-refractivity contribution in [1.82, 2.24) is 0 Å². The predicted octanol–water partition coefficient (Wildman–Crippen LogP) is 4.09. The van der Waals surface area contributed by atoms with E-state index >= 15 is 0 Å². The van der Waals surface area contributed by atoms with E-state index in [4.69, 9.17) is 16.3 Å². The lowest BCUT2D eigenvalue weighted by Crippen LogP contribution is -2.23. The van der Waals surface area contributed by atoms with Crippen LogP contribution in [-0.2, 0) is 0 Å². The number of carbonyl (C=O) groups is 1. The van der Waals surface area contributed by atoms with Crippen LogP contribution >= 0.6 is 11.6 Å². The van der Waals surface area contributed by atoms with Crippen LogP contribution in [0, 0.1) is 0 Å². The number of benzene rings is 2. The van der Waals surface area contributed by atoms with Gasteiger partial charge in [0.25, 0.3) is 5.91 Å². The lowest BCUT2D eigenvalue weighted by atomic mass is 10.2. The zero-order valence-corrected chi connectivity index (χ0v) is 14.9. The third-order valence-corrected chi connectivity index (χ3v) is 4.06. The number of anilines is 2. The predicted molar refractivity (Wildman–Crippen MR) is 99.8 cm³/mol. The molecule has 0 saturated heterocycles. The molecule has 0 aliphatic carbocycles. The number of methoxy groups -OCH3 is 1. The monoisotopic (exact) mass is 345 g/mol. The summed E-state index contributed by atoms with van der Waals surface area (Å²) in [5.74, 6) is 1.24. The van der Waals surface area contributed by atoms with E-state index < -0.39 is 0 Å². The number of aliphatic imine (C=N–C) groups is 1. The Balaban J connectivity index is 2.12. The Morgan fingerprint density at radius 3 is 2.42 bits per heavy atom. The quantitative estimate of drug-likeness (QED) is 0.671. The number of hydrogen-bond donors (Lipinski definition) is 1. The van der Waals surface area contributed by atoms with Crippen molar-refractivity contribution in [2.45, 2.75) is 6.92 Å². The van der Waals surface area contributed by atoms with Crippen molar-refractivity contribution in [3.05, 3.63) is 53.1 Å². The number of ether oxygens (including phenoxy) is 1. The van der Waals surface area contributed by atoms with E-state index in [-0.39, 0.29) is 5.91 Å². The average molecular weight is 346 g/mol. The van der Waals surface area contributed by atoms with Crippen LogP contribution in [-0.4, -0.2) is 32.9 Å². The van der Waals surface area contributed by atoms with Gasteiger partial charge in [0, 0.05) is 25.5 Å². The van der Waals surface area contributed by atoms with Crippen LogP contribution in [0.4, 0.5) is 11.4 Å². The van der Waals surface area contributed by atoms with Crippen LogP contribution in [0.1, 0.15) is 17.3 Å². The van der Waals surface area contributed by atoms with Crippen LogP contribution in [0.5, 0.6) is 5.75 Å². The molecule has 0 fully saturated rings. The summed E-state index contributed by atoms with van der Waals surface area (Å²) >= 11 is 6.13. The van der Waals surface area contributed by atoms with E-state index in [1.165, 1.54) is 0 Å². The number of nitrogens with zero attached hydrogens (tertiary/aromatic N) is 2. The molecular weight excluding hydrogens is 326 g/mol. The van der Waals surface area contributed by atoms with Gasteiger partial charge in [0.05, 0.1) is 23.5 Å². The topological polar surface area (TPSA) is 53.9 Å². The van der Waals surface area contributed by atoms with E-state index in [9.17, 15) is 4.79 Å². The summed E-state index contributed by atoms with van der Waals surface area (Å²) in [7, 11) is 5.24. The molecule has 2 aromatic carbocycles. The van der Waals surface area contributed by atoms with Crippen LogP contribution < -0.4 is 15.0 Å². The number of hydrogen-bond acceptors (Lipinski definition) is 3. The molecule has 2 rings (SSSR count). The standard InChI is InChI=1S/C18H20ClN3O2/c1-12(20-2)22(3)14-7-5-13(6-8-14)21-18(23)16-10-9-15(24-4)11-17(16)19/h5-11H,1-4H3,(H,21,23). The van der Waals surface area contributed by atoms with Crippen LogP contribution in [0.25, 0.3) is 0 Å². The molecular formula is C18H20ClN3O2. The first-order chi connectivity index (χ1) is 11.5. The van der Waals surface area contributed by atoms with Gasteiger partial charge in [-0.3, -0.25) is 9.79 Å². The molecule has 0 saturated carbocycles. The molecule has 1 amide bonds. The van der Waals surface area contributed by atoms with Gasteiger partial charge in [0.1, 0.15) is 5.75 Å². The smallest absolute Gasteiger partial charge is 0.257 e. The minimum Gasteiger partial charge on any atom is -0.497 e. The van der Waals surface area contributed by atoms with E-state index in [2.05, 4.69) is 10.3 Å². The summed E-state index contributed by atoms with van der Waals surface area (Å²) in [5.41, 5.74) is 2.07. The molecule has 0 aromatic heterocycles. The van der Waals surface area contributed by atoms with Crippen molar-refractivity contribution >= 4 is 34.7 Å². The molecule has 0 spiro atoms. The fraction of sp³-hybridized carbons (Fsp3) is 0.222. The lowest BCUT2D eigenvalue weighted by Gasteiger charge is -2.18.